The average Bonchev–Trinajstić information content (AvgIpc) is 2.81. The van der Waals surface area contributed by atoms with Crippen LogP contribution in [0, 0.1) is 5.92 Å². The highest BCUT2D eigenvalue weighted by Crippen LogP contribution is 2.35. The van der Waals surface area contributed by atoms with Crippen molar-refractivity contribution < 1.29 is 13.2 Å². The van der Waals surface area contributed by atoms with E-state index >= 15 is 0 Å². The standard InChI is InChI=1S/C12H22F3N/c1-3-5-10-8-11(10)16-9(2)6-4-7-12(13,14)15/h9-11,16H,3-8H2,1-2H3. The second-order valence-electron chi connectivity index (χ2n) is 4.97. The van der Waals surface area contributed by atoms with E-state index in [1.165, 1.54) is 19.3 Å². The first-order valence-corrected chi connectivity index (χ1v) is 6.25. The Morgan fingerprint density at radius 3 is 2.62 bits per heavy atom. The minimum atomic E-state index is -4.00. The molecule has 0 saturated heterocycles. The van der Waals surface area contributed by atoms with Crippen molar-refractivity contribution in [3.8, 4) is 0 Å². The van der Waals surface area contributed by atoms with Crippen LogP contribution in [0.15, 0.2) is 0 Å². The molecule has 1 aliphatic rings. The van der Waals surface area contributed by atoms with Gasteiger partial charge in [-0.05, 0) is 38.5 Å². The second-order valence-corrected chi connectivity index (χ2v) is 4.97. The van der Waals surface area contributed by atoms with Crippen molar-refractivity contribution in [2.24, 2.45) is 5.92 Å². The Morgan fingerprint density at radius 1 is 1.38 bits per heavy atom. The zero-order chi connectivity index (χ0) is 12.2. The van der Waals surface area contributed by atoms with E-state index in [1.54, 1.807) is 0 Å². The van der Waals surface area contributed by atoms with Crippen LogP contribution in [0.2, 0.25) is 0 Å². The molecule has 1 N–H and O–H groups in total. The lowest BCUT2D eigenvalue weighted by Gasteiger charge is -2.14. The number of nitrogens with one attached hydrogen (secondary N) is 1. The molecule has 16 heavy (non-hydrogen) atoms. The topological polar surface area (TPSA) is 12.0 Å². The first kappa shape index (κ1) is 13.8. The van der Waals surface area contributed by atoms with Crippen LogP contribution in [0.4, 0.5) is 13.2 Å². The predicted octanol–water partition coefficient (Wildman–Crippen LogP) is 3.89. The Bertz CT molecular complexity index is 203. The van der Waals surface area contributed by atoms with Crippen molar-refractivity contribution in [3.05, 3.63) is 0 Å². The van der Waals surface area contributed by atoms with E-state index in [4.69, 9.17) is 0 Å². The molecule has 1 aliphatic carbocycles. The molecular weight excluding hydrogens is 215 g/mol. The van der Waals surface area contributed by atoms with E-state index in [9.17, 15) is 13.2 Å². The smallest absolute Gasteiger partial charge is 0.311 e. The number of hydrogen-bond donors (Lipinski definition) is 1. The SMILES string of the molecule is CCCC1CC1NC(C)CCCC(F)(F)F. The van der Waals surface area contributed by atoms with E-state index in [1.807, 2.05) is 6.92 Å². The van der Waals surface area contributed by atoms with Crippen molar-refractivity contribution in [1.82, 2.24) is 5.32 Å². The van der Waals surface area contributed by atoms with Crippen molar-refractivity contribution in [3.63, 3.8) is 0 Å². The summed E-state index contributed by atoms with van der Waals surface area (Å²) in [7, 11) is 0. The zero-order valence-electron chi connectivity index (χ0n) is 10.1. The van der Waals surface area contributed by atoms with Crippen LogP contribution in [0.1, 0.15) is 52.4 Å². The molecule has 0 amide bonds. The summed E-state index contributed by atoms with van der Waals surface area (Å²) in [6, 6.07) is 0.787. The Kier molecular flexibility index (Phi) is 5.09. The van der Waals surface area contributed by atoms with Gasteiger partial charge in [-0.2, -0.15) is 13.2 Å². The van der Waals surface area contributed by atoms with Gasteiger partial charge in [-0.1, -0.05) is 13.3 Å². The highest BCUT2D eigenvalue weighted by Gasteiger charge is 2.36. The predicted molar refractivity (Wildman–Crippen MR) is 59.3 cm³/mol. The molecular formula is C12H22F3N. The van der Waals surface area contributed by atoms with Gasteiger partial charge in [0.15, 0.2) is 0 Å². The number of halogens is 3. The molecule has 0 bridgehead atoms. The summed E-state index contributed by atoms with van der Waals surface area (Å²) in [5.74, 6) is 0.773. The Labute approximate surface area is 95.8 Å². The quantitative estimate of drug-likeness (QED) is 0.708. The number of hydrogen-bond acceptors (Lipinski definition) is 1. The summed E-state index contributed by atoms with van der Waals surface area (Å²) in [5.41, 5.74) is 0. The first-order chi connectivity index (χ1) is 7.42. The average molecular weight is 237 g/mol. The lowest BCUT2D eigenvalue weighted by Crippen LogP contribution is -2.29. The van der Waals surface area contributed by atoms with Crippen LogP contribution in [-0.4, -0.2) is 18.3 Å². The van der Waals surface area contributed by atoms with Crippen LogP contribution in [-0.2, 0) is 0 Å². The molecule has 0 aromatic carbocycles. The summed E-state index contributed by atoms with van der Waals surface area (Å²) in [6.07, 6.45) is -0.139. The fourth-order valence-corrected chi connectivity index (χ4v) is 2.20. The van der Waals surface area contributed by atoms with E-state index in [-0.39, 0.29) is 12.5 Å². The summed E-state index contributed by atoms with van der Waals surface area (Å²) < 4.78 is 35.8. The summed E-state index contributed by atoms with van der Waals surface area (Å²) in [6.45, 7) is 4.15. The van der Waals surface area contributed by atoms with Gasteiger partial charge >= 0.3 is 6.18 Å². The minimum absolute atomic E-state index is 0.217. The maximum absolute atomic E-state index is 11.9. The van der Waals surface area contributed by atoms with Crippen LogP contribution in [0.25, 0.3) is 0 Å². The molecule has 3 atom stereocenters. The maximum atomic E-state index is 11.9. The van der Waals surface area contributed by atoms with Crippen molar-refractivity contribution in [2.45, 2.75) is 70.6 Å². The van der Waals surface area contributed by atoms with Gasteiger partial charge in [0.05, 0.1) is 0 Å². The molecule has 0 aliphatic heterocycles. The van der Waals surface area contributed by atoms with Gasteiger partial charge in [0.25, 0.3) is 0 Å². The number of rotatable bonds is 7. The lowest BCUT2D eigenvalue weighted by molar-refractivity contribution is -0.135. The molecule has 96 valence electrons. The van der Waals surface area contributed by atoms with E-state index in [0.717, 1.165) is 5.92 Å². The molecule has 4 heteroatoms. The van der Waals surface area contributed by atoms with Crippen molar-refractivity contribution in [1.29, 1.82) is 0 Å². The lowest BCUT2D eigenvalue weighted by atomic mass is 10.1. The van der Waals surface area contributed by atoms with Gasteiger partial charge in [-0.25, -0.2) is 0 Å². The highest BCUT2D eigenvalue weighted by molar-refractivity contribution is 4.93. The fraction of sp³-hybridized carbons (Fsp3) is 1.00. The molecule has 0 radical (unpaired) electrons. The molecule has 0 aromatic heterocycles. The zero-order valence-corrected chi connectivity index (χ0v) is 10.1. The second kappa shape index (κ2) is 5.89. The van der Waals surface area contributed by atoms with Gasteiger partial charge in [0.2, 0.25) is 0 Å². The van der Waals surface area contributed by atoms with Gasteiger partial charge in [0.1, 0.15) is 0 Å². The van der Waals surface area contributed by atoms with Crippen LogP contribution in [0.5, 0.6) is 0 Å². The molecule has 1 fully saturated rings. The summed E-state index contributed by atoms with van der Waals surface area (Å²) >= 11 is 0. The molecule has 3 unspecified atom stereocenters. The third-order valence-electron chi connectivity index (χ3n) is 3.18. The van der Waals surface area contributed by atoms with Crippen LogP contribution < -0.4 is 5.32 Å². The van der Waals surface area contributed by atoms with Crippen molar-refractivity contribution >= 4 is 0 Å². The first-order valence-electron chi connectivity index (χ1n) is 6.25. The van der Waals surface area contributed by atoms with Crippen LogP contribution >= 0.6 is 0 Å². The Hall–Kier alpha value is -0.250. The van der Waals surface area contributed by atoms with Gasteiger partial charge in [-0.15, -0.1) is 0 Å². The largest absolute Gasteiger partial charge is 0.389 e. The molecule has 0 aromatic rings. The summed E-state index contributed by atoms with van der Waals surface area (Å²) in [5, 5.41) is 3.41. The van der Waals surface area contributed by atoms with Gasteiger partial charge < -0.3 is 5.32 Å². The van der Waals surface area contributed by atoms with Gasteiger partial charge in [0, 0.05) is 18.5 Å². The van der Waals surface area contributed by atoms with E-state index < -0.39 is 12.6 Å². The molecule has 1 saturated carbocycles. The fourth-order valence-electron chi connectivity index (χ4n) is 2.20. The van der Waals surface area contributed by atoms with E-state index in [2.05, 4.69) is 12.2 Å². The van der Waals surface area contributed by atoms with E-state index in [0.29, 0.717) is 12.5 Å². The third kappa shape index (κ3) is 5.73. The molecule has 0 heterocycles. The highest BCUT2D eigenvalue weighted by atomic mass is 19.4. The molecule has 0 spiro atoms. The normalized spacial score (nSPS) is 26.8. The monoisotopic (exact) mass is 237 g/mol. The Balaban J connectivity index is 2.02. The summed E-state index contributed by atoms with van der Waals surface area (Å²) in [4.78, 5) is 0. The third-order valence-corrected chi connectivity index (χ3v) is 3.18. The maximum Gasteiger partial charge on any atom is 0.389 e. The molecule has 1 rings (SSSR count). The van der Waals surface area contributed by atoms with Crippen molar-refractivity contribution in [2.75, 3.05) is 0 Å². The number of alkyl halides is 3. The van der Waals surface area contributed by atoms with Gasteiger partial charge in [-0.3, -0.25) is 0 Å². The minimum Gasteiger partial charge on any atom is -0.311 e. The Morgan fingerprint density at radius 2 is 2.06 bits per heavy atom. The molecule has 1 nitrogen and oxygen atoms in total. The van der Waals surface area contributed by atoms with Crippen LogP contribution in [0.3, 0.4) is 0 Å².